The Balaban J connectivity index is 1.93. The van der Waals surface area contributed by atoms with Crippen LogP contribution in [0.5, 0.6) is 5.75 Å². The molecule has 0 saturated heterocycles. The van der Waals surface area contributed by atoms with Crippen molar-refractivity contribution in [2.45, 2.75) is 13.0 Å². The Bertz CT molecular complexity index is 931. The molecule has 3 rings (SSSR count). The largest absolute Gasteiger partial charge is 0.508 e. The Hall–Kier alpha value is -3.35. The number of hydrogen-bond donors (Lipinski definition) is 3. The number of aromatic hydroxyl groups is 1. The van der Waals surface area contributed by atoms with Crippen molar-refractivity contribution in [3.05, 3.63) is 59.3 Å². The van der Waals surface area contributed by atoms with Crippen LogP contribution >= 0.6 is 0 Å². The maximum absolute atomic E-state index is 12.7. The number of methoxy groups -OCH3 is 1. The molecule has 25 heavy (non-hydrogen) atoms. The minimum absolute atomic E-state index is 0.0625. The zero-order valence-corrected chi connectivity index (χ0v) is 13.7. The zero-order valence-electron chi connectivity index (χ0n) is 13.7. The van der Waals surface area contributed by atoms with Gasteiger partial charge in [-0.2, -0.15) is 5.10 Å². The molecule has 0 aliphatic heterocycles. The van der Waals surface area contributed by atoms with E-state index in [-0.39, 0.29) is 11.4 Å². The molecule has 0 unspecified atom stereocenters. The van der Waals surface area contributed by atoms with Crippen molar-refractivity contribution < 1.29 is 19.4 Å². The summed E-state index contributed by atoms with van der Waals surface area (Å²) in [7, 11) is 1.25. The van der Waals surface area contributed by atoms with E-state index in [1.54, 1.807) is 12.1 Å². The van der Waals surface area contributed by atoms with E-state index in [0.717, 1.165) is 11.1 Å². The number of H-pyrrole nitrogens is 1. The van der Waals surface area contributed by atoms with Gasteiger partial charge in [0.2, 0.25) is 0 Å². The fraction of sp³-hybridized carbons (Fsp3) is 0.167. The lowest BCUT2D eigenvalue weighted by Crippen LogP contribution is -2.34. The maximum Gasteiger partial charge on any atom is 0.333 e. The van der Waals surface area contributed by atoms with Crippen LogP contribution in [0.1, 0.15) is 27.7 Å². The summed E-state index contributed by atoms with van der Waals surface area (Å²) in [4.78, 5) is 24.7. The van der Waals surface area contributed by atoms with Gasteiger partial charge in [0.25, 0.3) is 5.91 Å². The highest BCUT2D eigenvalue weighted by Crippen LogP contribution is 2.21. The summed E-state index contributed by atoms with van der Waals surface area (Å²) in [5.41, 5.74) is 2.42. The van der Waals surface area contributed by atoms with Gasteiger partial charge in [-0.3, -0.25) is 9.89 Å². The van der Waals surface area contributed by atoms with Gasteiger partial charge < -0.3 is 15.2 Å². The van der Waals surface area contributed by atoms with Gasteiger partial charge in [-0.05, 0) is 36.8 Å². The number of carbonyl (C=O) groups is 2. The number of esters is 1. The van der Waals surface area contributed by atoms with E-state index in [1.807, 2.05) is 25.1 Å². The van der Waals surface area contributed by atoms with Crippen LogP contribution in [-0.4, -0.2) is 34.3 Å². The summed E-state index contributed by atoms with van der Waals surface area (Å²) in [6.45, 7) is 1.92. The highest BCUT2D eigenvalue weighted by molar-refractivity contribution is 6.06. The number of aromatic amines is 1. The average Bonchev–Trinajstić information content (AvgIpc) is 3.03. The molecular weight excluding hydrogens is 322 g/mol. The van der Waals surface area contributed by atoms with Gasteiger partial charge in [0.1, 0.15) is 5.75 Å². The first-order chi connectivity index (χ1) is 12.0. The van der Waals surface area contributed by atoms with Crippen LogP contribution in [0.25, 0.3) is 10.9 Å². The molecule has 3 aromatic rings. The van der Waals surface area contributed by atoms with Crippen molar-refractivity contribution in [1.82, 2.24) is 15.5 Å². The lowest BCUT2D eigenvalue weighted by atomic mass is 10.1. The first kappa shape index (κ1) is 16.5. The van der Waals surface area contributed by atoms with Gasteiger partial charge in [-0.25, -0.2) is 4.79 Å². The molecule has 1 aromatic heterocycles. The molecule has 1 amide bonds. The third kappa shape index (κ3) is 3.30. The predicted octanol–water partition coefficient (Wildman–Crippen LogP) is 2.22. The van der Waals surface area contributed by atoms with Crippen LogP contribution in [0.3, 0.4) is 0 Å². The number of amides is 1. The van der Waals surface area contributed by atoms with E-state index in [0.29, 0.717) is 10.9 Å². The number of fused-ring (bicyclic) bond motifs is 1. The summed E-state index contributed by atoms with van der Waals surface area (Å²) >= 11 is 0. The number of nitrogens with one attached hydrogen (secondary N) is 2. The predicted molar refractivity (Wildman–Crippen MR) is 91.2 cm³/mol. The lowest BCUT2D eigenvalue weighted by molar-refractivity contribution is -0.143. The molecular formula is C18H17N3O4. The smallest absolute Gasteiger partial charge is 0.333 e. The second kappa shape index (κ2) is 6.64. The van der Waals surface area contributed by atoms with Crippen molar-refractivity contribution >= 4 is 22.8 Å². The van der Waals surface area contributed by atoms with Crippen LogP contribution in [0.2, 0.25) is 0 Å². The van der Waals surface area contributed by atoms with Crippen LogP contribution in [0.15, 0.2) is 42.5 Å². The zero-order chi connectivity index (χ0) is 18.0. The molecule has 128 valence electrons. The number of phenols is 1. The lowest BCUT2D eigenvalue weighted by Gasteiger charge is -2.16. The summed E-state index contributed by atoms with van der Waals surface area (Å²) in [5, 5.41) is 19.6. The molecule has 0 fully saturated rings. The van der Waals surface area contributed by atoms with Crippen molar-refractivity contribution in [3.8, 4) is 5.75 Å². The van der Waals surface area contributed by atoms with Crippen LogP contribution in [0.4, 0.5) is 0 Å². The molecule has 0 aliphatic rings. The monoisotopic (exact) mass is 339 g/mol. The molecule has 7 nitrogen and oxygen atoms in total. The molecule has 0 spiro atoms. The Morgan fingerprint density at radius 1 is 1.20 bits per heavy atom. The number of phenolic OH excluding ortho intramolecular Hbond substituents is 1. The summed E-state index contributed by atoms with van der Waals surface area (Å²) in [6.07, 6.45) is 0. The van der Waals surface area contributed by atoms with Gasteiger partial charge >= 0.3 is 5.97 Å². The Kier molecular flexibility index (Phi) is 4.38. The number of benzene rings is 2. The third-order valence-electron chi connectivity index (χ3n) is 3.87. The average molecular weight is 339 g/mol. The van der Waals surface area contributed by atoms with Gasteiger partial charge in [-0.1, -0.05) is 23.8 Å². The van der Waals surface area contributed by atoms with E-state index in [1.165, 1.54) is 19.2 Å². The van der Waals surface area contributed by atoms with E-state index < -0.39 is 17.9 Å². The summed E-state index contributed by atoms with van der Waals surface area (Å²) in [6, 6.07) is 10.6. The highest BCUT2D eigenvalue weighted by atomic mass is 16.5. The van der Waals surface area contributed by atoms with Crippen LogP contribution in [-0.2, 0) is 9.53 Å². The summed E-state index contributed by atoms with van der Waals surface area (Å²) < 4.78 is 4.78. The minimum Gasteiger partial charge on any atom is -0.508 e. The Morgan fingerprint density at radius 2 is 1.92 bits per heavy atom. The molecule has 3 N–H and O–H groups in total. The molecule has 1 heterocycles. The topological polar surface area (TPSA) is 104 Å². The molecule has 0 radical (unpaired) electrons. The molecule has 0 bridgehead atoms. The van der Waals surface area contributed by atoms with Crippen molar-refractivity contribution in [3.63, 3.8) is 0 Å². The second-order valence-electron chi connectivity index (χ2n) is 5.64. The Morgan fingerprint density at radius 3 is 2.60 bits per heavy atom. The number of ether oxygens (including phenoxy) is 1. The van der Waals surface area contributed by atoms with E-state index >= 15 is 0 Å². The number of nitrogens with zero attached hydrogens (tertiary/aromatic N) is 1. The molecule has 0 saturated carbocycles. The molecule has 1 atom stereocenters. The molecule has 7 heteroatoms. The first-order valence-electron chi connectivity index (χ1n) is 7.62. The van der Waals surface area contributed by atoms with Crippen molar-refractivity contribution in [2.75, 3.05) is 7.11 Å². The molecule has 0 aliphatic carbocycles. The van der Waals surface area contributed by atoms with Gasteiger partial charge in [0.05, 0.1) is 12.6 Å². The number of aryl methyl sites for hydroxylation is 1. The normalized spacial score (nSPS) is 11.9. The minimum atomic E-state index is -1.00. The number of aromatic nitrogens is 2. The Labute approximate surface area is 143 Å². The number of rotatable bonds is 4. The fourth-order valence-corrected chi connectivity index (χ4v) is 2.56. The van der Waals surface area contributed by atoms with Gasteiger partial charge in [-0.15, -0.1) is 0 Å². The summed E-state index contributed by atoms with van der Waals surface area (Å²) in [5.74, 6) is -1.05. The third-order valence-corrected chi connectivity index (χ3v) is 3.87. The highest BCUT2D eigenvalue weighted by Gasteiger charge is 2.26. The van der Waals surface area contributed by atoms with Gasteiger partial charge in [0.15, 0.2) is 11.7 Å². The van der Waals surface area contributed by atoms with Crippen LogP contribution < -0.4 is 5.32 Å². The fourth-order valence-electron chi connectivity index (χ4n) is 2.56. The van der Waals surface area contributed by atoms with Crippen LogP contribution in [0, 0.1) is 6.92 Å². The number of carbonyl (C=O) groups excluding carboxylic acids is 2. The van der Waals surface area contributed by atoms with E-state index in [9.17, 15) is 14.7 Å². The quantitative estimate of drug-likeness (QED) is 0.632. The van der Waals surface area contributed by atoms with Crippen molar-refractivity contribution in [1.29, 1.82) is 0 Å². The van der Waals surface area contributed by atoms with Crippen molar-refractivity contribution in [2.24, 2.45) is 0 Å². The van der Waals surface area contributed by atoms with Gasteiger partial charge in [0, 0.05) is 5.39 Å². The number of hydrogen-bond acceptors (Lipinski definition) is 5. The van der Waals surface area contributed by atoms with E-state index in [2.05, 4.69) is 15.5 Å². The standard InChI is InChI=1S/C18H17N3O4/c1-10-3-8-14-13(9-10)16(21-20-14)17(23)19-15(18(24)25-2)11-4-6-12(22)7-5-11/h3-9,15,22H,1-2H3,(H,19,23)(H,20,21)/t15-/m0/s1. The second-order valence-corrected chi connectivity index (χ2v) is 5.64. The molecule has 2 aromatic carbocycles. The SMILES string of the molecule is COC(=O)[C@@H](NC(=O)c1n[nH]c2ccc(C)cc12)c1ccc(O)cc1. The van der Waals surface area contributed by atoms with E-state index in [4.69, 9.17) is 4.74 Å². The first-order valence-corrected chi connectivity index (χ1v) is 7.62. The maximum atomic E-state index is 12.7.